The van der Waals surface area contributed by atoms with E-state index in [1.165, 1.54) is 63.6 Å². The Labute approximate surface area is 122 Å². The van der Waals surface area contributed by atoms with Gasteiger partial charge in [-0.15, -0.1) is 10.2 Å². The Morgan fingerprint density at radius 1 is 1.20 bits per heavy atom. The average molecular weight is 276 g/mol. The molecule has 4 nitrogen and oxygen atoms in total. The van der Waals surface area contributed by atoms with E-state index >= 15 is 0 Å². The van der Waals surface area contributed by atoms with Crippen LogP contribution in [0, 0.1) is 5.92 Å². The molecule has 1 heterocycles. The second-order valence-electron chi connectivity index (χ2n) is 7.02. The predicted molar refractivity (Wildman–Crippen MR) is 80.5 cm³/mol. The molecule has 1 aromatic heterocycles. The first kappa shape index (κ1) is 14.1. The first-order chi connectivity index (χ1) is 9.75. The van der Waals surface area contributed by atoms with Crippen molar-refractivity contribution in [3.05, 3.63) is 12.2 Å². The molecule has 2 fully saturated rings. The first-order valence-electron chi connectivity index (χ1n) is 8.35. The number of aromatic nitrogens is 3. The van der Waals surface area contributed by atoms with Gasteiger partial charge in [-0.1, -0.05) is 26.2 Å². The van der Waals surface area contributed by atoms with Crippen LogP contribution in [0.1, 0.15) is 76.6 Å². The van der Waals surface area contributed by atoms with Gasteiger partial charge in [0.2, 0.25) is 0 Å². The molecule has 0 bridgehead atoms. The lowest BCUT2D eigenvalue weighted by molar-refractivity contribution is 0.220. The van der Waals surface area contributed by atoms with Crippen LogP contribution in [0.25, 0.3) is 0 Å². The van der Waals surface area contributed by atoms with E-state index in [0.29, 0.717) is 12.6 Å². The summed E-state index contributed by atoms with van der Waals surface area (Å²) in [5.41, 5.74) is 6.28. The van der Waals surface area contributed by atoms with Gasteiger partial charge < -0.3 is 10.3 Å². The summed E-state index contributed by atoms with van der Waals surface area (Å²) in [7, 11) is 0. The van der Waals surface area contributed by atoms with Gasteiger partial charge in [0, 0.05) is 18.0 Å². The van der Waals surface area contributed by atoms with Crippen molar-refractivity contribution in [2.75, 3.05) is 6.54 Å². The molecule has 2 aliphatic rings. The summed E-state index contributed by atoms with van der Waals surface area (Å²) in [6.07, 6.45) is 13.5. The lowest BCUT2D eigenvalue weighted by atomic mass is 9.70. The molecule has 0 atom stereocenters. The third kappa shape index (κ3) is 2.50. The van der Waals surface area contributed by atoms with Gasteiger partial charge in [0.05, 0.1) is 0 Å². The van der Waals surface area contributed by atoms with E-state index in [9.17, 15) is 0 Å². The highest BCUT2D eigenvalue weighted by molar-refractivity contribution is 5.12. The molecule has 0 aliphatic heterocycles. The highest BCUT2D eigenvalue weighted by atomic mass is 15.3. The largest absolute Gasteiger partial charge is 0.329 e. The molecule has 4 heteroatoms. The van der Waals surface area contributed by atoms with Gasteiger partial charge in [0.25, 0.3) is 0 Å². The van der Waals surface area contributed by atoms with Crippen molar-refractivity contribution in [2.45, 2.75) is 76.2 Å². The van der Waals surface area contributed by atoms with Crippen molar-refractivity contribution in [2.24, 2.45) is 11.7 Å². The molecule has 2 aliphatic carbocycles. The van der Waals surface area contributed by atoms with Crippen molar-refractivity contribution < 1.29 is 0 Å². The van der Waals surface area contributed by atoms with Crippen molar-refractivity contribution >= 4 is 0 Å². The number of hydrogen-bond donors (Lipinski definition) is 1. The second-order valence-corrected chi connectivity index (χ2v) is 7.02. The fraction of sp³-hybridized carbons (Fsp3) is 0.875. The van der Waals surface area contributed by atoms with Crippen LogP contribution in [-0.2, 0) is 5.41 Å². The Morgan fingerprint density at radius 2 is 1.90 bits per heavy atom. The predicted octanol–water partition coefficient (Wildman–Crippen LogP) is 3.19. The van der Waals surface area contributed by atoms with Crippen LogP contribution in [0.3, 0.4) is 0 Å². The van der Waals surface area contributed by atoms with Crippen molar-refractivity contribution in [3.8, 4) is 0 Å². The highest BCUT2D eigenvalue weighted by Crippen LogP contribution is 2.41. The van der Waals surface area contributed by atoms with Crippen molar-refractivity contribution in [1.29, 1.82) is 0 Å². The summed E-state index contributed by atoms with van der Waals surface area (Å²) in [4.78, 5) is 0. The zero-order valence-corrected chi connectivity index (χ0v) is 12.7. The lowest BCUT2D eigenvalue weighted by Gasteiger charge is -2.39. The Balaban J connectivity index is 1.86. The average Bonchev–Trinajstić information content (AvgIpc) is 2.99. The fourth-order valence-electron chi connectivity index (χ4n) is 4.08. The summed E-state index contributed by atoms with van der Waals surface area (Å²) in [5, 5.41) is 8.76. The number of rotatable bonds is 3. The molecule has 2 saturated carbocycles. The van der Waals surface area contributed by atoms with Gasteiger partial charge in [-0.2, -0.15) is 0 Å². The molecule has 0 aromatic carbocycles. The molecule has 0 amide bonds. The van der Waals surface area contributed by atoms with E-state index in [1.54, 1.807) is 0 Å². The smallest absolute Gasteiger partial charge is 0.140 e. The van der Waals surface area contributed by atoms with Crippen LogP contribution in [-0.4, -0.2) is 21.3 Å². The third-order valence-corrected chi connectivity index (χ3v) is 5.64. The first-order valence-corrected chi connectivity index (χ1v) is 8.35. The van der Waals surface area contributed by atoms with E-state index in [-0.39, 0.29) is 5.41 Å². The number of nitrogens with zero attached hydrogens (tertiary/aromatic N) is 3. The highest BCUT2D eigenvalue weighted by Gasteiger charge is 2.39. The quantitative estimate of drug-likeness (QED) is 0.922. The van der Waals surface area contributed by atoms with Gasteiger partial charge in [-0.25, -0.2) is 0 Å². The minimum atomic E-state index is 0.0838. The standard InChI is InChI=1S/C16H28N4/c1-13-7-9-16(11-17,10-8-13)15-19-18-12-20(15)14-5-3-2-4-6-14/h12-14H,2-11,17H2,1H3. The fourth-order valence-corrected chi connectivity index (χ4v) is 4.08. The van der Waals surface area contributed by atoms with Gasteiger partial charge in [-0.05, 0) is 44.4 Å². The van der Waals surface area contributed by atoms with Gasteiger partial charge in [0.15, 0.2) is 0 Å². The van der Waals surface area contributed by atoms with Crippen LogP contribution < -0.4 is 5.73 Å². The van der Waals surface area contributed by atoms with E-state index in [4.69, 9.17) is 5.73 Å². The maximum Gasteiger partial charge on any atom is 0.140 e. The molecule has 0 radical (unpaired) electrons. The van der Waals surface area contributed by atoms with Gasteiger partial charge in [-0.3, -0.25) is 0 Å². The zero-order valence-electron chi connectivity index (χ0n) is 12.7. The van der Waals surface area contributed by atoms with E-state index in [2.05, 4.69) is 21.7 Å². The lowest BCUT2D eigenvalue weighted by Crippen LogP contribution is -2.41. The van der Waals surface area contributed by atoms with Gasteiger partial charge >= 0.3 is 0 Å². The monoisotopic (exact) mass is 276 g/mol. The SMILES string of the molecule is CC1CCC(CN)(c2nncn2C2CCCCC2)CC1. The van der Waals surface area contributed by atoms with Gasteiger partial charge in [0.1, 0.15) is 12.2 Å². The van der Waals surface area contributed by atoms with Crippen molar-refractivity contribution in [1.82, 2.24) is 14.8 Å². The molecule has 2 N–H and O–H groups in total. The normalized spacial score (nSPS) is 32.4. The molecule has 1 aromatic rings. The molecule has 20 heavy (non-hydrogen) atoms. The van der Waals surface area contributed by atoms with Crippen LogP contribution in [0.15, 0.2) is 6.33 Å². The number of nitrogens with two attached hydrogens (primary N) is 1. The molecular formula is C16H28N4. The molecule has 0 unspecified atom stereocenters. The summed E-state index contributed by atoms with van der Waals surface area (Å²) < 4.78 is 2.38. The molecule has 0 saturated heterocycles. The zero-order chi connectivity index (χ0) is 14.0. The van der Waals surface area contributed by atoms with E-state index in [1.807, 2.05) is 6.33 Å². The summed E-state index contributed by atoms with van der Waals surface area (Å²) in [5.74, 6) is 2.01. The second kappa shape index (κ2) is 5.84. The Hall–Kier alpha value is -0.900. The van der Waals surface area contributed by atoms with Crippen LogP contribution >= 0.6 is 0 Å². The van der Waals surface area contributed by atoms with Crippen LogP contribution in [0.5, 0.6) is 0 Å². The Kier molecular flexibility index (Phi) is 4.11. The maximum atomic E-state index is 6.19. The van der Waals surface area contributed by atoms with Crippen LogP contribution in [0.4, 0.5) is 0 Å². The molecular weight excluding hydrogens is 248 g/mol. The van der Waals surface area contributed by atoms with E-state index < -0.39 is 0 Å². The minimum Gasteiger partial charge on any atom is -0.329 e. The Bertz CT molecular complexity index is 425. The number of hydrogen-bond acceptors (Lipinski definition) is 3. The Morgan fingerprint density at radius 3 is 2.55 bits per heavy atom. The molecule has 112 valence electrons. The summed E-state index contributed by atoms with van der Waals surface area (Å²) in [6, 6.07) is 0.608. The van der Waals surface area contributed by atoms with Crippen LogP contribution in [0.2, 0.25) is 0 Å². The third-order valence-electron chi connectivity index (χ3n) is 5.64. The molecule has 3 rings (SSSR count). The maximum absolute atomic E-state index is 6.19. The topological polar surface area (TPSA) is 56.7 Å². The van der Waals surface area contributed by atoms with Crippen molar-refractivity contribution in [3.63, 3.8) is 0 Å². The summed E-state index contributed by atoms with van der Waals surface area (Å²) in [6.45, 7) is 3.07. The summed E-state index contributed by atoms with van der Waals surface area (Å²) >= 11 is 0. The minimum absolute atomic E-state index is 0.0838. The van der Waals surface area contributed by atoms with E-state index in [0.717, 1.165) is 5.92 Å². The molecule has 0 spiro atoms.